The number of aromatic nitrogens is 3. The lowest BCUT2D eigenvalue weighted by molar-refractivity contribution is 0.0517. The minimum atomic E-state index is -0.391. The summed E-state index contributed by atoms with van der Waals surface area (Å²) in [6.45, 7) is 4.21. The molecule has 0 spiro atoms. The molecule has 9 heteroatoms. The fraction of sp³-hybridized carbons (Fsp3) is 0.148. The minimum Gasteiger partial charge on any atom is -0.462 e. The highest BCUT2D eigenvalue weighted by Gasteiger charge is 2.11. The van der Waals surface area contributed by atoms with Crippen LogP contribution in [0.25, 0.3) is 22.2 Å². The van der Waals surface area contributed by atoms with E-state index in [0.717, 1.165) is 11.2 Å². The number of ether oxygens (including phenoxy) is 2. The summed E-state index contributed by atoms with van der Waals surface area (Å²) in [6, 6.07) is 17.7. The Labute approximate surface area is 206 Å². The number of hydrogen-bond acceptors (Lipinski definition) is 6. The zero-order valence-electron chi connectivity index (χ0n) is 19.9. The fourth-order valence-electron chi connectivity index (χ4n) is 3.78. The second-order valence-electron chi connectivity index (χ2n) is 7.75. The van der Waals surface area contributed by atoms with E-state index in [2.05, 4.69) is 4.98 Å². The highest BCUT2D eigenvalue weighted by molar-refractivity contribution is 5.94. The van der Waals surface area contributed by atoms with Gasteiger partial charge in [0.25, 0.3) is 5.56 Å². The van der Waals surface area contributed by atoms with E-state index in [9.17, 15) is 14.4 Å². The van der Waals surface area contributed by atoms with Crippen LogP contribution in [-0.4, -0.2) is 39.1 Å². The Morgan fingerprint density at radius 2 is 1.47 bits per heavy atom. The molecule has 36 heavy (non-hydrogen) atoms. The van der Waals surface area contributed by atoms with Crippen molar-refractivity contribution in [2.75, 3.05) is 18.9 Å². The largest absolute Gasteiger partial charge is 0.462 e. The highest BCUT2D eigenvalue weighted by Crippen LogP contribution is 2.19. The lowest BCUT2D eigenvalue weighted by Gasteiger charge is -2.08. The molecule has 184 valence electrons. The van der Waals surface area contributed by atoms with E-state index < -0.39 is 5.97 Å². The summed E-state index contributed by atoms with van der Waals surface area (Å²) < 4.78 is 13.5. The van der Waals surface area contributed by atoms with Gasteiger partial charge in [-0.25, -0.2) is 9.59 Å². The molecule has 0 amide bonds. The molecule has 0 atom stereocenters. The number of carbonyl (C=O) groups excluding carboxylic acids is 2. The Morgan fingerprint density at radius 3 is 2.11 bits per heavy atom. The van der Waals surface area contributed by atoms with E-state index in [4.69, 9.17) is 15.2 Å². The maximum Gasteiger partial charge on any atom is 0.338 e. The first kappa shape index (κ1) is 24.3. The first-order valence-electron chi connectivity index (χ1n) is 11.4. The minimum absolute atomic E-state index is 0.182. The summed E-state index contributed by atoms with van der Waals surface area (Å²) in [5.74, 6) is -0.740. The predicted octanol–water partition coefficient (Wildman–Crippen LogP) is 4.19. The Balaban J connectivity index is 0.000000170. The monoisotopic (exact) mass is 486 g/mol. The number of hydrogen-bond donors (Lipinski definition) is 2. The van der Waals surface area contributed by atoms with Crippen molar-refractivity contribution in [1.82, 2.24) is 14.0 Å². The number of fused-ring (bicyclic) bond motifs is 3. The van der Waals surface area contributed by atoms with E-state index in [1.807, 2.05) is 47.4 Å². The van der Waals surface area contributed by atoms with Gasteiger partial charge in [-0.3, -0.25) is 4.79 Å². The van der Waals surface area contributed by atoms with Crippen molar-refractivity contribution in [3.63, 3.8) is 0 Å². The number of nitrogen functional groups attached to an aromatic ring is 1. The Kier molecular flexibility index (Phi) is 7.20. The summed E-state index contributed by atoms with van der Waals surface area (Å²) in [5, 5.41) is 0. The molecule has 3 aromatic heterocycles. The van der Waals surface area contributed by atoms with E-state index in [1.54, 1.807) is 54.6 Å². The molecule has 3 heterocycles. The van der Waals surface area contributed by atoms with Gasteiger partial charge in [-0.1, -0.05) is 0 Å². The lowest BCUT2D eigenvalue weighted by Crippen LogP contribution is -2.11. The highest BCUT2D eigenvalue weighted by atomic mass is 16.5. The zero-order valence-corrected chi connectivity index (χ0v) is 19.9. The molecule has 5 rings (SSSR count). The van der Waals surface area contributed by atoms with Gasteiger partial charge in [0, 0.05) is 18.6 Å². The molecule has 0 fully saturated rings. The molecule has 2 aromatic carbocycles. The van der Waals surface area contributed by atoms with Gasteiger partial charge in [-0.15, -0.1) is 0 Å². The van der Waals surface area contributed by atoms with E-state index >= 15 is 0 Å². The summed E-state index contributed by atoms with van der Waals surface area (Å²) in [6.07, 6.45) is 5.61. The van der Waals surface area contributed by atoms with Gasteiger partial charge >= 0.3 is 11.9 Å². The van der Waals surface area contributed by atoms with Crippen molar-refractivity contribution < 1.29 is 19.1 Å². The Morgan fingerprint density at radius 1 is 0.833 bits per heavy atom. The second kappa shape index (κ2) is 10.6. The van der Waals surface area contributed by atoms with Crippen LogP contribution >= 0.6 is 0 Å². The summed E-state index contributed by atoms with van der Waals surface area (Å²) in [7, 11) is 0. The van der Waals surface area contributed by atoms with Gasteiger partial charge in [0.2, 0.25) is 0 Å². The van der Waals surface area contributed by atoms with Crippen LogP contribution in [0.2, 0.25) is 0 Å². The number of H-pyrrole nitrogens is 1. The number of esters is 2. The number of nitrogens with zero attached hydrogens (tertiary/aromatic N) is 2. The third-order valence-corrected chi connectivity index (χ3v) is 5.42. The standard InChI is InChI=1S/C14H12N2O3.C13H14N2O2/c1-2-19-14(18)9-5-6-11-10(8-9)15-13(17)12-4-3-7-16(11)12;1-2-17-13(16)10-5-6-12(11(14)9-10)15-7-3-4-8-15/h3-8H,2H2,1H3,(H,15,17);3-9H,2,14H2,1H3. The van der Waals surface area contributed by atoms with Crippen molar-refractivity contribution in [2.24, 2.45) is 0 Å². The predicted molar refractivity (Wildman–Crippen MR) is 138 cm³/mol. The first-order valence-corrected chi connectivity index (χ1v) is 11.4. The van der Waals surface area contributed by atoms with Crippen LogP contribution in [-0.2, 0) is 9.47 Å². The van der Waals surface area contributed by atoms with E-state index in [0.29, 0.717) is 41.1 Å². The normalized spacial score (nSPS) is 10.6. The third kappa shape index (κ3) is 5.00. The molecule has 0 bridgehead atoms. The maximum atomic E-state index is 11.9. The summed E-state index contributed by atoms with van der Waals surface area (Å²) in [5.41, 5.74) is 10.1. The topological polar surface area (TPSA) is 121 Å². The van der Waals surface area contributed by atoms with Gasteiger partial charge in [0.15, 0.2) is 0 Å². The molecule has 0 aliphatic heterocycles. The van der Waals surface area contributed by atoms with Crippen LogP contribution < -0.4 is 11.3 Å². The van der Waals surface area contributed by atoms with Crippen molar-refractivity contribution in [3.8, 4) is 5.69 Å². The Hall–Kier alpha value is -4.79. The van der Waals surface area contributed by atoms with Crippen molar-refractivity contribution in [3.05, 3.63) is 101 Å². The zero-order chi connectivity index (χ0) is 25.7. The molecule has 0 radical (unpaired) electrons. The van der Waals surface area contributed by atoms with Crippen LogP contribution in [0.5, 0.6) is 0 Å². The molecule has 0 saturated heterocycles. The van der Waals surface area contributed by atoms with Crippen LogP contribution in [0, 0.1) is 0 Å². The van der Waals surface area contributed by atoms with Gasteiger partial charge in [-0.05, 0) is 74.5 Å². The molecule has 5 aromatic rings. The molecule has 0 aliphatic carbocycles. The average Bonchev–Trinajstić information content (AvgIpc) is 3.58. The first-order chi connectivity index (χ1) is 17.4. The quantitative estimate of drug-likeness (QED) is 0.284. The number of carbonyl (C=O) groups is 2. The maximum absolute atomic E-state index is 11.9. The van der Waals surface area contributed by atoms with Crippen molar-refractivity contribution in [1.29, 1.82) is 0 Å². The third-order valence-electron chi connectivity index (χ3n) is 5.42. The number of nitrogens with one attached hydrogen (secondary N) is 1. The van der Waals surface area contributed by atoms with E-state index in [-0.39, 0.29) is 11.5 Å². The second-order valence-corrected chi connectivity index (χ2v) is 7.75. The number of anilines is 1. The number of benzene rings is 2. The number of aromatic amines is 1. The number of rotatable bonds is 5. The fourth-order valence-corrected chi connectivity index (χ4v) is 3.78. The van der Waals surface area contributed by atoms with Crippen LogP contribution in [0.4, 0.5) is 5.69 Å². The number of nitrogens with two attached hydrogens (primary N) is 1. The van der Waals surface area contributed by atoms with Crippen LogP contribution in [0.1, 0.15) is 34.6 Å². The molecule has 0 saturated carbocycles. The van der Waals surface area contributed by atoms with Gasteiger partial charge in [0.1, 0.15) is 5.52 Å². The molecular weight excluding hydrogens is 460 g/mol. The SMILES string of the molecule is CCOC(=O)c1ccc(-n2cccc2)c(N)c1.CCOC(=O)c1ccc2c(c1)[nH]c(=O)c1cccn12. The van der Waals surface area contributed by atoms with Crippen molar-refractivity contribution >= 4 is 34.2 Å². The van der Waals surface area contributed by atoms with Crippen LogP contribution in [0.15, 0.2) is 84.0 Å². The van der Waals surface area contributed by atoms with Gasteiger partial charge < -0.3 is 29.2 Å². The molecule has 3 N–H and O–H groups in total. The summed E-state index contributed by atoms with van der Waals surface area (Å²) >= 11 is 0. The van der Waals surface area contributed by atoms with Gasteiger partial charge in [-0.2, -0.15) is 0 Å². The molecular formula is C27H26N4O5. The summed E-state index contributed by atoms with van der Waals surface area (Å²) in [4.78, 5) is 37.8. The van der Waals surface area contributed by atoms with Crippen molar-refractivity contribution in [2.45, 2.75) is 13.8 Å². The van der Waals surface area contributed by atoms with Gasteiger partial charge in [0.05, 0.1) is 46.7 Å². The molecule has 9 nitrogen and oxygen atoms in total. The molecule has 0 aliphatic rings. The Bertz CT molecular complexity index is 1580. The van der Waals surface area contributed by atoms with E-state index in [1.165, 1.54) is 0 Å². The molecule has 0 unspecified atom stereocenters. The van der Waals surface area contributed by atoms with Crippen LogP contribution in [0.3, 0.4) is 0 Å². The lowest BCUT2D eigenvalue weighted by atomic mass is 10.1. The smallest absolute Gasteiger partial charge is 0.338 e. The average molecular weight is 487 g/mol.